The van der Waals surface area contributed by atoms with Gasteiger partial charge in [0.1, 0.15) is 5.69 Å². The van der Waals surface area contributed by atoms with E-state index in [-0.39, 0.29) is 22.8 Å². The van der Waals surface area contributed by atoms with E-state index >= 15 is 0 Å². The summed E-state index contributed by atoms with van der Waals surface area (Å²) in [5.74, 6) is -1.15. The highest BCUT2D eigenvalue weighted by Gasteiger charge is 2.34. The fraction of sp³-hybridized carbons (Fsp3) is 0.176. The van der Waals surface area contributed by atoms with E-state index < -0.39 is 29.4 Å². The second kappa shape index (κ2) is 6.73. The molecule has 0 saturated carbocycles. The first-order chi connectivity index (χ1) is 13.0. The third kappa shape index (κ3) is 3.87. The van der Waals surface area contributed by atoms with Crippen molar-refractivity contribution in [3.63, 3.8) is 0 Å². The molecule has 5 nitrogen and oxygen atoms in total. The minimum absolute atomic E-state index is 0.242. The first-order valence-electron chi connectivity index (χ1n) is 7.65. The molecule has 0 atom stereocenters. The minimum Gasteiger partial charge on any atom is -0.287 e. The van der Waals surface area contributed by atoms with Crippen molar-refractivity contribution in [2.24, 2.45) is 0 Å². The lowest BCUT2D eigenvalue weighted by Gasteiger charge is -2.10. The van der Waals surface area contributed by atoms with E-state index in [1.165, 1.54) is 19.2 Å². The topological polar surface area (TPSA) is 60.7 Å². The fourth-order valence-corrected chi connectivity index (χ4v) is 2.33. The fourth-order valence-electron chi connectivity index (χ4n) is 2.33. The zero-order chi connectivity index (χ0) is 20.7. The molecule has 0 N–H and O–H groups in total. The van der Waals surface area contributed by atoms with Crippen molar-refractivity contribution in [2.75, 3.05) is 0 Å². The molecule has 11 heteroatoms. The summed E-state index contributed by atoms with van der Waals surface area (Å²) in [5.41, 5.74) is -2.45. The molecule has 0 radical (unpaired) electrons. The predicted molar refractivity (Wildman–Crippen MR) is 83.8 cm³/mol. The number of halogens is 6. The predicted octanol–water partition coefficient (Wildman–Crippen LogP) is 4.24. The van der Waals surface area contributed by atoms with Crippen molar-refractivity contribution in [3.05, 3.63) is 70.8 Å². The standard InChI is InChI=1S/C17H10F6N4O/c1-9-8-24-15(27-6-5-12(26-27)17(21,22)23)25-13(9)14(28)10-3-2-4-11(7-10)16(18,19)20/h2-8H,1H3. The van der Waals surface area contributed by atoms with Crippen LogP contribution in [0.1, 0.15) is 32.9 Å². The highest BCUT2D eigenvalue weighted by atomic mass is 19.4. The number of carbonyl (C=O) groups is 1. The van der Waals surface area contributed by atoms with Crippen LogP contribution < -0.4 is 0 Å². The number of hydrogen-bond acceptors (Lipinski definition) is 4. The SMILES string of the molecule is Cc1cnc(-n2ccc(C(F)(F)F)n2)nc1C(=O)c1cccc(C(F)(F)F)c1. The van der Waals surface area contributed by atoms with Crippen LogP contribution in [0.5, 0.6) is 0 Å². The van der Waals surface area contributed by atoms with Gasteiger partial charge in [0.25, 0.3) is 5.95 Å². The molecule has 0 aliphatic carbocycles. The van der Waals surface area contributed by atoms with Gasteiger partial charge in [0.15, 0.2) is 5.69 Å². The van der Waals surface area contributed by atoms with Crippen LogP contribution in [0.3, 0.4) is 0 Å². The Hall–Kier alpha value is -3.24. The van der Waals surface area contributed by atoms with Gasteiger partial charge in [-0.3, -0.25) is 4.79 Å². The van der Waals surface area contributed by atoms with E-state index in [2.05, 4.69) is 15.1 Å². The second-order valence-electron chi connectivity index (χ2n) is 5.75. The number of alkyl halides is 6. The number of nitrogens with zero attached hydrogens (tertiary/aromatic N) is 4. The Morgan fingerprint density at radius 3 is 2.36 bits per heavy atom. The Morgan fingerprint density at radius 2 is 1.75 bits per heavy atom. The summed E-state index contributed by atoms with van der Waals surface area (Å²) in [6.07, 6.45) is -7.16. The van der Waals surface area contributed by atoms with Gasteiger partial charge in [-0.25, -0.2) is 14.6 Å². The van der Waals surface area contributed by atoms with Crippen LogP contribution in [0.15, 0.2) is 42.7 Å². The Bertz CT molecular complexity index is 1040. The molecule has 1 aromatic carbocycles. The van der Waals surface area contributed by atoms with Crippen LogP contribution in [0.4, 0.5) is 26.3 Å². The van der Waals surface area contributed by atoms with Crippen LogP contribution in [-0.2, 0) is 12.4 Å². The highest BCUT2D eigenvalue weighted by molar-refractivity contribution is 6.08. The maximum absolute atomic E-state index is 12.9. The van der Waals surface area contributed by atoms with Gasteiger partial charge in [0.05, 0.1) is 5.56 Å². The summed E-state index contributed by atoms with van der Waals surface area (Å²) >= 11 is 0. The van der Waals surface area contributed by atoms with Crippen molar-refractivity contribution < 1.29 is 31.1 Å². The molecule has 0 saturated heterocycles. The first-order valence-corrected chi connectivity index (χ1v) is 7.65. The molecule has 3 aromatic rings. The zero-order valence-electron chi connectivity index (χ0n) is 14.0. The monoisotopic (exact) mass is 400 g/mol. The summed E-state index contributed by atoms with van der Waals surface area (Å²) in [7, 11) is 0. The van der Waals surface area contributed by atoms with Crippen molar-refractivity contribution in [2.45, 2.75) is 19.3 Å². The number of aromatic nitrogens is 4. The summed E-state index contributed by atoms with van der Waals surface area (Å²) in [5, 5.41) is 3.31. The maximum Gasteiger partial charge on any atom is 0.435 e. The molecule has 28 heavy (non-hydrogen) atoms. The van der Waals surface area contributed by atoms with Crippen molar-refractivity contribution >= 4 is 5.78 Å². The van der Waals surface area contributed by atoms with Gasteiger partial charge in [-0.1, -0.05) is 12.1 Å². The third-order valence-corrected chi connectivity index (χ3v) is 3.71. The quantitative estimate of drug-likeness (QED) is 0.488. The molecule has 3 rings (SSSR count). The molecule has 146 valence electrons. The molecule has 2 aromatic heterocycles. The van der Waals surface area contributed by atoms with Crippen LogP contribution in [0, 0.1) is 6.92 Å². The molecule has 0 aliphatic rings. The minimum atomic E-state index is -4.67. The molecule has 0 aliphatic heterocycles. The Morgan fingerprint density at radius 1 is 1.04 bits per heavy atom. The summed E-state index contributed by atoms with van der Waals surface area (Å²) in [4.78, 5) is 20.4. The third-order valence-electron chi connectivity index (χ3n) is 3.71. The van der Waals surface area contributed by atoms with Crippen LogP contribution in [-0.4, -0.2) is 25.5 Å². The Labute approximate surface area is 153 Å². The van der Waals surface area contributed by atoms with Gasteiger partial charge in [0, 0.05) is 18.0 Å². The number of rotatable bonds is 3. The smallest absolute Gasteiger partial charge is 0.287 e. The largest absolute Gasteiger partial charge is 0.435 e. The van der Waals surface area contributed by atoms with E-state index in [1.54, 1.807) is 0 Å². The molecule has 0 bridgehead atoms. The lowest BCUT2D eigenvalue weighted by atomic mass is 10.0. The lowest BCUT2D eigenvalue weighted by molar-refractivity contribution is -0.141. The first kappa shape index (κ1) is 19.5. The molecule has 0 fully saturated rings. The molecule has 2 heterocycles. The Kier molecular flexibility index (Phi) is 4.69. The van der Waals surface area contributed by atoms with Gasteiger partial charge in [0.2, 0.25) is 5.78 Å². The van der Waals surface area contributed by atoms with Crippen LogP contribution in [0.2, 0.25) is 0 Å². The van der Waals surface area contributed by atoms with Crippen molar-refractivity contribution in [1.29, 1.82) is 0 Å². The summed E-state index contributed by atoms with van der Waals surface area (Å²) in [6.45, 7) is 1.45. The van der Waals surface area contributed by atoms with Crippen molar-refractivity contribution in [3.8, 4) is 5.95 Å². The average molecular weight is 400 g/mol. The van der Waals surface area contributed by atoms with Crippen LogP contribution in [0.25, 0.3) is 5.95 Å². The number of carbonyl (C=O) groups excluding carboxylic acids is 1. The van der Waals surface area contributed by atoms with Crippen LogP contribution >= 0.6 is 0 Å². The number of benzene rings is 1. The maximum atomic E-state index is 12.9. The Balaban J connectivity index is 2.00. The average Bonchev–Trinajstić information content (AvgIpc) is 3.11. The number of hydrogen-bond donors (Lipinski definition) is 0. The van der Waals surface area contributed by atoms with Gasteiger partial charge < -0.3 is 0 Å². The van der Waals surface area contributed by atoms with E-state index in [4.69, 9.17) is 0 Å². The van der Waals surface area contributed by atoms with Gasteiger partial charge >= 0.3 is 12.4 Å². The van der Waals surface area contributed by atoms with E-state index in [1.807, 2.05) is 0 Å². The number of aryl methyl sites for hydroxylation is 1. The molecule has 0 amide bonds. The highest BCUT2D eigenvalue weighted by Crippen LogP contribution is 2.30. The van der Waals surface area contributed by atoms with E-state index in [0.717, 1.165) is 23.0 Å². The van der Waals surface area contributed by atoms with Gasteiger partial charge in [-0.2, -0.15) is 31.4 Å². The number of ketones is 1. The van der Waals surface area contributed by atoms with Gasteiger partial charge in [-0.15, -0.1) is 0 Å². The summed E-state index contributed by atoms with van der Waals surface area (Å²) in [6, 6.07) is 4.47. The van der Waals surface area contributed by atoms with E-state index in [0.29, 0.717) is 12.1 Å². The molecular formula is C17H10F6N4O. The second-order valence-corrected chi connectivity index (χ2v) is 5.75. The van der Waals surface area contributed by atoms with E-state index in [9.17, 15) is 31.1 Å². The van der Waals surface area contributed by atoms with Gasteiger partial charge in [-0.05, 0) is 30.7 Å². The normalized spacial score (nSPS) is 12.2. The van der Waals surface area contributed by atoms with Crippen molar-refractivity contribution in [1.82, 2.24) is 19.7 Å². The zero-order valence-corrected chi connectivity index (χ0v) is 14.0. The molecular weight excluding hydrogens is 390 g/mol. The molecule has 0 unspecified atom stereocenters. The molecule has 0 spiro atoms. The lowest BCUT2D eigenvalue weighted by Crippen LogP contribution is -2.14. The summed E-state index contributed by atoms with van der Waals surface area (Å²) < 4.78 is 77.3.